The zero-order chi connectivity index (χ0) is 19.9. The normalized spacial score (nSPS) is 19.6. The van der Waals surface area contributed by atoms with Crippen LogP contribution < -0.4 is 4.74 Å². The first kappa shape index (κ1) is 21.7. The Bertz CT molecular complexity index is 622. The summed E-state index contributed by atoms with van der Waals surface area (Å²) in [6.45, 7) is 13.1. The molecule has 0 bridgehead atoms. The molecule has 1 aliphatic carbocycles. The highest BCUT2D eigenvalue weighted by atomic mass is 16.5. The van der Waals surface area contributed by atoms with E-state index in [9.17, 15) is 0 Å². The second-order valence-electron chi connectivity index (χ2n) is 7.93. The topological polar surface area (TPSA) is 49.8 Å². The number of rotatable bonds is 9. The fourth-order valence-electron chi connectivity index (χ4n) is 2.66. The molecule has 0 aromatic carbocycles. The summed E-state index contributed by atoms with van der Waals surface area (Å²) in [4.78, 5) is 4.37. The molecule has 2 rings (SSSR count). The molecule has 5 nitrogen and oxygen atoms in total. The van der Waals surface area contributed by atoms with Crippen molar-refractivity contribution in [3.8, 4) is 17.6 Å². The summed E-state index contributed by atoms with van der Waals surface area (Å²) in [7, 11) is 0. The number of ether oxygens (including phenoxy) is 4. The third kappa shape index (κ3) is 8.30. The van der Waals surface area contributed by atoms with Crippen molar-refractivity contribution >= 4 is 0 Å². The van der Waals surface area contributed by atoms with Gasteiger partial charge in [0.25, 0.3) is 0 Å². The van der Waals surface area contributed by atoms with Crippen LogP contribution >= 0.6 is 0 Å². The van der Waals surface area contributed by atoms with Gasteiger partial charge in [0.05, 0.1) is 37.7 Å². The van der Waals surface area contributed by atoms with Gasteiger partial charge in [0, 0.05) is 12.8 Å². The largest absolute Gasteiger partial charge is 0.489 e. The molecule has 0 aliphatic heterocycles. The lowest BCUT2D eigenvalue weighted by Crippen LogP contribution is -2.40. The van der Waals surface area contributed by atoms with Gasteiger partial charge in [-0.1, -0.05) is 5.92 Å². The molecular formula is C22H33NO4. The van der Waals surface area contributed by atoms with Crippen molar-refractivity contribution in [2.24, 2.45) is 0 Å². The Kier molecular flexibility index (Phi) is 8.09. The second kappa shape index (κ2) is 10.1. The Morgan fingerprint density at radius 2 is 1.81 bits per heavy atom. The molecule has 1 heterocycles. The van der Waals surface area contributed by atoms with Crippen molar-refractivity contribution in [1.29, 1.82) is 0 Å². The highest BCUT2D eigenvalue weighted by Gasteiger charge is 2.32. The lowest BCUT2D eigenvalue weighted by Gasteiger charge is -2.36. The van der Waals surface area contributed by atoms with Crippen LogP contribution in [0.3, 0.4) is 0 Å². The summed E-state index contributed by atoms with van der Waals surface area (Å²) < 4.78 is 22.9. The molecule has 0 spiro atoms. The minimum absolute atomic E-state index is 0.210. The molecule has 1 aromatic heterocycles. The van der Waals surface area contributed by atoms with E-state index < -0.39 is 5.60 Å². The van der Waals surface area contributed by atoms with Gasteiger partial charge < -0.3 is 18.9 Å². The fraction of sp³-hybridized carbons (Fsp3) is 0.682. The summed E-state index contributed by atoms with van der Waals surface area (Å²) in [5, 5.41) is 0. The van der Waals surface area contributed by atoms with E-state index >= 15 is 0 Å². The number of hydrogen-bond donors (Lipinski definition) is 0. The zero-order valence-electron chi connectivity index (χ0n) is 17.5. The quantitative estimate of drug-likeness (QED) is 0.482. The van der Waals surface area contributed by atoms with Crippen molar-refractivity contribution in [1.82, 2.24) is 4.98 Å². The first-order chi connectivity index (χ1) is 12.7. The first-order valence-electron chi connectivity index (χ1n) is 9.80. The van der Waals surface area contributed by atoms with Crippen LogP contribution in [-0.2, 0) is 14.2 Å². The maximum Gasteiger partial charge on any atom is 0.138 e. The Balaban J connectivity index is 1.76. The molecule has 1 saturated carbocycles. The van der Waals surface area contributed by atoms with E-state index in [2.05, 4.69) is 30.7 Å². The van der Waals surface area contributed by atoms with Crippen molar-refractivity contribution < 1.29 is 18.9 Å². The third-order valence-electron chi connectivity index (χ3n) is 4.04. The Hall–Kier alpha value is -1.61. The molecule has 1 aromatic rings. The van der Waals surface area contributed by atoms with E-state index in [0.29, 0.717) is 25.0 Å². The Morgan fingerprint density at radius 3 is 2.41 bits per heavy atom. The van der Waals surface area contributed by atoms with Crippen LogP contribution in [0.2, 0.25) is 0 Å². The Labute approximate surface area is 163 Å². The summed E-state index contributed by atoms with van der Waals surface area (Å²) in [5.41, 5.74) is 0.154. The molecule has 0 amide bonds. The van der Waals surface area contributed by atoms with Crippen molar-refractivity contribution in [3.05, 3.63) is 24.0 Å². The van der Waals surface area contributed by atoms with Crippen molar-refractivity contribution in [2.45, 2.75) is 84.4 Å². The Morgan fingerprint density at radius 1 is 1.07 bits per heavy atom. The van der Waals surface area contributed by atoms with Crippen LogP contribution in [0.1, 0.15) is 60.1 Å². The second-order valence-corrected chi connectivity index (χ2v) is 7.93. The van der Waals surface area contributed by atoms with Crippen molar-refractivity contribution in [3.63, 3.8) is 0 Å². The monoisotopic (exact) mass is 375 g/mol. The van der Waals surface area contributed by atoms with Gasteiger partial charge in [0.1, 0.15) is 23.1 Å². The number of aromatic nitrogens is 1. The molecule has 27 heavy (non-hydrogen) atoms. The van der Waals surface area contributed by atoms with Crippen LogP contribution in [0.4, 0.5) is 0 Å². The molecule has 1 aliphatic rings. The van der Waals surface area contributed by atoms with E-state index in [1.54, 1.807) is 6.20 Å². The average Bonchev–Trinajstić information content (AvgIpc) is 2.56. The van der Waals surface area contributed by atoms with Crippen molar-refractivity contribution in [2.75, 3.05) is 13.2 Å². The molecule has 5 heteroatoms. The molecule has 0 unspecified atom stereocenters. The van der Waals surface area contributed by atoms with Crippen LogP contribution in [-0.4, -0.2) is 48.2 Å². The summed E-state index contributed by atoms with van der Waals surface area (Å²) in [6, 6.07) is 3.79. The molecular weight excluding hydrogens is 342 g/mol. The van der Waals surface area contributed by atoms with Crippen LogP contribution in [0.25, 0.3) is 0 Å². The van der Waals surface area contributed by atoms with E-state index in [0.717, 1.165) is 18.6 Å². The lowest BCUT2D eigenvalue weighted by atomic mass is 9.92. The fourth-order valence-corrected chi connectivity index (χ4v) is 2.66. The van der Waals surface area contributed by atoms with E-state index in [1.807, 2.05) is 39.8 Å². The molecule has 0 saturated heterocycles. The molecule has 0 radical (unpaired) electrons. The van der Waals surface area contributed by atoms with Gasteiger partial charge in [-0.2, -0.15) is 0 Å². The average molecular weight is 376 g/mol. The van der Waals surface area contributed by atoms with Gasteiger partial charge >= 0.3 is 0 Å². The summed E-state index contributed by atoms with van der Waals surface area (Å²) >= 11 is 0. The highest BCUT2D eigenvalue weighted by Crippen LogP contribution is 2.28. The zero-order valence-corrected chi connectivity index (χ0v) is 17.5. The predicted octanol–water partition coefficient (Wildman–Crippen LogP) is 3.99. The van der Waals surface area contributed by atoms with Gasteiger partial charge in [0.15, 0.2) is 0 Å². The lowest BCUT2D eigenvalue weighted by molar-refractivity contribution is -0.0850. The maximum atomic E-state index is 5.92. The summed E-state index contributed by atoms with van der Waals surface area (Å²) in [6.07, 6.45) is 4.62. The minimum Gasteiger partial charge on any atom is -0.489 e. The smallest absolute Gasteiger partial charge is 0.138 e. The highest BCUT2D eigenvalue weighted by molar-refractivity contribution is 5.33. The third-order valence-corrected chi connectivity index (χ3v) is 4.04. The van der Waals surface area contributed by atoms with Crippen LogP contribution in [0.15, 0.2) is 18.3 Å². The van der Waals surface area contributed by atoms with Crippen LogP contribution in [0.5, 0.6) is 5.75 Å². The van der Waals surface area contributed by atoms with Gasteiger partial charge in [-0.25, -0.2) is 4.98 Å². The minimum atomic E-state index is -0.547. The van der Waals surface area contributed by atoms with Crippen LogP contribution in [0, 0.1) is 11.8 Å². The SMILES string of the molecule is CC(C)OCCOC(C)(C)C#Cc1ccc(OC2CC(OC(C)C)C2)cn1. The number of hydrogen-bond acceptors (Lipinski definition) is 5. The molecule has 1 fully saturated rings. The van der Waals surface area contributed by atoms with Gasteiger partial charge in [-0.15, -0.1) is 0 Å². The first-order valence-corrected chi connectivity index (χ1v) is 9.80. The van der Waals surface area contributed by atoms with E-state index in [-0.39, 0.29) is 18.3 Å². The van der Waals surface area contributed by atoms with E-state index in [4.69, 9.17) is 18.9 Å². The molecule has 0 atom stereocenters. The molecule has 0 N–H and O–H groups in total. The standard InChI is InChI=1S/C22H33NO4/c1-16(2)24-11-12-25-22(5,6)10-9-18-7-8-19(15-23-18)27-21-13-20(14-21)26-17(3)4/h7-8,15-17,20-21H,11-14H2,1-6H3. The predicted molar refractivity (Wildman–Crippen MR) is 106 cm³/mol. The van der Waals surface area contributed by atoms with Gasteiger partial charge in [-0.05, 0) is 59.6 Å². The number of nitrogens with zero attached hydrogens (tertiary/aromatic N) is 1. The summed E-state index contributed by atoms with van der Waals surface area (Å²) in [5.74, 6) is 6.96. The maximum absolute atomic E-state index is 5.92. The number of pyridine rings is 1. The molecule has 150 valence electrons. The van der Waals surface area contributed by atoms with E-state index in [1.165, 1.54) is 0 Å². The van der Waals surface area contributed by atoms with Gasteiger partial charge in [0.2, 0.25) is 0 Å². The van der Waals surface area contributed by atoms with Gasteiger partial charge in [-0.3, -0.25) is 0 Å².